The lowest BCUT2D eigenvalue weighted by atomic mass is 10.1. The highest BCUT2D eigenvalue weighted by Crippen LogP contribution is 2.22. The second-order valence-electron chi connectivity index (χ2n) is 5.31. The monoisotopic (exact) mass is 247 g/mol. The SMILES string of the molecule is CCCCOC(CNC1CC1)c1ccc(C)cc1. The third-order valence-corrected chi connectivity index (χ3v) is 3.44. The molecular weight excluding hydrogens is 222 g/mol. The van der Waals surface area contributed by atoms with E-state index in [-0.39, 0.29) is 6.10 Å². The van der Waals surface area contributed by atoms with Gasteiger partial charge in [0.1, 0.15) is 0 Å². The van der Waals surface area contributed by atoms with Crippen LogP contribution >= 0.6 is 0 Å². The molecule has 0 radical (unpaired) electrons. The standard InChI is InChI=1S/C16H25NO/c1-3-4-11-18-16(12-17-15-9-10-15)14-7-5-13(2)6-8-14/h5-8,15-17H,3-4,9-12H2,1-2H3. The van der Waals surface area contributed by atoms with E-state index in [1.54, 1.807) is 0 Å². The van der Waals surface area contributed by atoms with Crippen LogP contribution in [-0.2, 0) is 4.74 Å². The summed E-state index contributed by atoms with van der Waals surface area (Å²) in [5, 5.41) is 3.57. The summed E-state index contributed by atoms with van der Waals surface area (Å²) in [7, 11) is 0. The summed E-state index contributed by atoms with van der Waals surface area (Å²) in [4.78, 5) is 0. The van der Waals surface area contributed by atoms with Gasteiger partial charge in [-0.15, -0.1) is 0 Å². The van der Waals surface area contributed by atoms with E-state index in [9.17, 15) is 0 Å². The van der Waals surface area contributed by atoms with Crippen molar-refractivity contribution in [3.63, 3.8) is 0 Å². The zero-order valence-corrected chi connectivity index (χ0v) is 11.6. The van der Waals surface area contributed by atoms with Crippen molar-refractivity contribution in [1.29, 1.82) is 0 Å². The maximum absolute atomic E-state index is 6.02. The molecule has 1 aliphatic rings. The van der Waals surface area contributed by atoms with Gasteiger partial charge in [-0.05, 0) is 31.7 Å². The van der Waals surface area contributed by atoms with Crippen LogP contribution in [0.2, 0.25) is 0 Å². The third-order valence-electron chi connectivity index (χ3n) is 3.44. The van der Waals surface area contributed by atoms with Crippen molar-refractivity contribution in [1.82, 2.24) is 5.32 Å². The number of hydrogen-bond donors (Lipinski definition) is 1. The molecule has 0 saturated heterocycles. The van der Waals surface area contributed by atoms with Gasteiger partial charge >= 0.3 is 0 Å². The van der Waals surface area contributed by atoms with E-state index in [4.69, 9.17) is 4.74 Å². The molecule has 0 bridgehead atoms. The average Bonchev–Trinajstić information content (AvgIpc) is 3.19. The molecule has 1 N–H and O–H groups in total. The Hall–Kier alpha value is -0.860. The van der Waals surface area contributed by atoms with Gasteiger partial charge in [0.2, 0.25) is 0 Å². The summed E-state index contributed by atoms with van der Waals surface area (Å²) < 4.78 is 6.02. The topological polar surface area (TPSA) is 21.3 Å². The molecule has 2 nitrogen and oxygen atoms in total. The Balaban J connectivity index is 1.90. The summed E-state index contributed by atoms with van der Waals surface area (Å²) in [6, 6.07) is 9.47. The van der Waals surface area contributed by atoms with Gasteiger partial charge in [0.25, 0.3) is 0 Å². The fourth-order valence-electron chi connectivity index (χ4n) is 1.99. The highest BCUT2D eigenvalue weighted by atomic mass is 16.5. The Kier molecular flexibility index (Phi) is 5.21. The summed E-state index contributed by atoms with van der Waals surface area (Å²) in [6.45, 7) is 6.13. The Bertz CT molecular complexity index is 343. The summed E-state index contributed by atoms with van der Waals surface area (Å²) in [6.07, 6.45) is 5.20. The summed E-state index contributed by atoms with van der Waals surface area (Å²) >= 11 is 0. The van der Waals surface area contributed by atoms with Crippen molar-refractivity contribution < 1.29 is 4.74 Å². The van der Waals surface area contributed by atoms with Crippen LogP contribution in [0.1, 0.15) is 49.8 Å². The largest absolute Gasteiger partial charge is 0.372 e. The molecular formula is C16H25NO. The van der Waals surface area contributed by atoms with Gasteiger partial charge < -0.3 is 10.1 Å². The molecule has 2 rings (SSSR count). The minimum absolute atomic E-state index is 0.206. The normalized spacial score (nSPS) is 16.8. The second-order valence-corrected chi connectivity index (χ2v) is 5.31. The summed E-state index contributed by atoms with van der Waals surface area (Å²) in [5.74, 6) is 0. The van der Waals surface area contributed by atoms with E-state index < -0.39 is 0 Å². The molecule has 18 heavy (non-hydrogen) atoms. The molecule has 0 aliphatic heterocycles. The number of hydrogen-bond acceptors (Lipinski definition) is 2. The summed E-state index contributed by atoms with van der Waals surface area (Å²) in [5.41, 5.74) is 2.60. The predicted molar refractivity (Wildman–Crippen MR) is 75.8 cm³/mol. The lowest BCUT2D eigenvalue weighted by Crippen LogP contribution is -2.25. The molecule has 0 heterocycles. The van der Waals surface area contributed by atoms with Gasteiger partial charge in [0.05, 0.1) is 6.10 Å². The molecule has 1 aromatic carbocycles. The van der Waals surface area contributed by atoms with Crippen LogP contribution in [0.25, 0.3) is 0 Å². The lowest BCUT2D eigenvalue weighted by Gasteiger charge is -2.19. The molecule has 0 aromatic heterocycles. The van der Waals surface area contributed by atoms with E-state index >= 15 is 0 Å². The Morgan fingerprint density at radius 3 is 2.61 bits per heavy atom. The molecule has 1 unspecified atom stereocenters. The van der Waals surface area contributed by atoms with Crippen LogP contribution in [0.5, 0.6) is 0 Å². The van der Waals surface area contributed by atoms with Crippen LogP contribution in [0.15, 0.2) is 24.3 Å². The van der Waals surface area contributed by atoms with Crippen LogP contribution in [-0.4, -0.2) is 19.2 Å². The van der Waals surface area contributed by atoms with E-state index in [1.807, 2.05) is 0 Å². The smallest absolute Gasteiger partial charge is 0.0949 e. The fourth-order valence-corrected chi connectivity index (χ4v) is 1.99. The van der Waals surface area contributed by atoms with Gasteiger partial charge in [-0.1, -0.05) is 43.2 Å². The zero-order chi connectivity index (χ0) is 12.8. The molecule has 0 amide bonds. The van der Waals surface area contributed by atoms with E-state index in [0.717, 1.165) is 25.6 Å². The zero-order valence-electron chi connectivity index (χ0n) is 11.6. The molecule has 0 spiro atoms. The predicted octanol–water partition coefficient (Wildman–Crippen LogP) is 3.60. The van der Waals surface area contributed by atoms with Crippen LogP contribution < -0.4 is 5.32 Å². The molecule has 1 aromatic rings. The first-order chi connectivity index (χ1) is 8.79. The number of nitrogens with one attached hydrogen (secondary N) is 1. The number of benzene rings is 1. The van der Waals surface area contributed by atoms with Gasteiger partial charge in [-0.2, -0.15) is 0 Å². The Morgan fingerprint density at radius 2 is 2.00 bits per heavy atom. The minimum Gasteiger partial charge on any atom is -0.372 e. The number of aryl methyl sites for hydroxylation is 1. The van der Waals surface area contributed by atoms with Gasteiger partial charge in [0.15, 0.2) is 0 Å². The van der Waals surface area contributed by atoms with Crippen LogP contribution in [0.4, 0.5) is 0 Å². The Morgan fingerprint density at radius 1 is 1.28 bits per heavy atom. The lowest BCUT2D eigenvalue weighted by molar-refractivity contribution is 0.0504. The number of unbranched alkanes of at least 4 members (excludes halogenated alkanes) is 1. The number of ether oxygens (including phenoxy) is 1. The fraction of sp³-hybridized carbons (Fsp3) is 0.625. The van der Waals surface area contributed by atoms with Crippen LogP contribution in [0.3, 0.4) is 0 Å². The van der Waals surface area contributed by atoms with Crippen molar-refractivity contribution in [2.45, 2.75) is 51.7 Å². The first-order valence-corrected chi connectivity index (χ1v) is 7.21. The average molecular weight is 247 g/mol. The molecule has 100 valence electrons. The third kappa shape index (κ3) is 4.43. The van der Waals surface area contributed by atoms with Crippen molar-refractivity contribution >= 4 is 0 Å². The Labute approximate surface area is 111 Å². The van der Waals surface area contributed by atoms with Crippen molar-refractivity contribution in [3.05, 3.63) is 35.4 Å². The first kappa shape index (κ1) is 13.6. The molecule has 1 aliphatic carbocycles. The molecule has 1 fully saturated rings. The van der Waals surface area contributed by atoms with Crippen molar-refractivity contribution in [2.24, 2.45) is 0 Å². The van der Waals surface area contributed by atoms with Gasteiger partial charge in [0, 0.05) is 19.2 Å². The van der Waals surface area contributed by atoms with Gasteiger partial charge in [-0.3, -0.25) is 0 Å². The van der Waals surface area contributed by atoms with E-state index in [2.05, 4.69) is 43.4 Å². The quantitative estimate of drug-likeness (QED) is 0.709. The minimum atomic E-state index is 0.206. The highest BCUT2D eigenvalue weighted by Gasteiger charge is 2.22. The molecule has 1 saturated carbocycles. The maximum atomic E-state index is 6.02. The molecule has 1 atom stereocenters. The van der Waals surface area contributed by atoms with E-state index in [0.29, 0.717) is 0 Å². The number of rotatable bonds is 8. The van der Waals surface area contributed by atoms with Crippen molar-refractivity contribution in [3.8, 4) is 0 Å². The van der Waals surface area contributed by atoms with E-state index in [1.165, 1.54) is 30.4 Å². The maximum Gasteiger partial charge on any atom is 0.0949 e. The second kappa shape index (κ2) is 6.91. The van der Waals surface area contributed by atoms with Gasteiger partial charge in [-0.25, -0.2) is 0 Å². The van der Waals surface area contributed by atoms with Crippen molar-refractivity contribution in [2.75, 3.05) is 13.2 Å². The molecule has 2 heteroatoms. The van der Waals surface area contributed by atoms with Crippen LogP contribution in [0, 0.1) is 6.92 Å². The first-order valence-electron chi connectivity index (χ1n) is 7.21. The highest BCUT2D eigenvalue weighted by molar-refractivity contribution is 5.23.